The monoisotopic (exact) mass is 245 g/mol. The second-order valence-electron chi connectivity index (χ2n) is 4.74. The molecule has 0 amide bonds. The zero-order chi connectivity index (χ0) is 13.1. The minimum absolute atomic E-state index is 0.268. The summed E-state index contributed by atoms with van der Waals surface area (Å²) in [5, 5.41) is 17.3. The molecule has 0 bridgehead atoms. The van der Waals surface area contributed by atoms with E-state index in [0.29, 0.717) is 12.4 Å². The third-order valence-electron chi connectivity index (χ3n) is 3.13. The normalized spacial score (nSPS) is 12.7. The van der Waals surface area contributed by atoms with E-state index in [4.69, 9.17) is 0 Å². The number of hydrogen-bond donors (Lipinski definition) is 2. The number of hydrogen-bond acceptors (Lipinski definition) is 4. The van der Waals surface area contributed by atoms with Crippen molar-refractivity contribution in [3.63, 3.8) is 0 Å². The van der Waals surface area contributed by atoms with Crippen molar-refractivity contribution in [1.82, 2.24) is 25.9 Å². The molecule has 0 saturated carbocycles. The molecule has 1 heterocycles. The number of nitrogens with one attached hydrogen (secondary N) is 2. The Morgan fingerprint density at radius 3 is 2.44 bits per heavy atom. The molecule has 5 heteroatoms. The average Bonchev–Trinajstić information content (AvgIpc) is 2.77. The van der Waals surface area contributed by atoms with Crippen LogP contribution >= 0.6 is 0 Å². The van der Waals surface area contributed by atoms with Crippen LogP contribution in [0.4, 0.5) is 0 Å². The van der Waals surface area contributed by atoms with Crippen molar-refractivity contribution >= 4 is 0 Å². The first-order chi connectivity index (χ1) is 8.58. The van der Waals surface area contributed by atoms with E-state index in [1.54, 1.807) is 0 Å². The Balaban J connectivity index is 2.11. The van der Waals surface area contributed by atoms with Gasteiger partial charge in [-0.25, -0.2) is 0 Å². The highest BCUT2D eigenvalue weighted by Crippen LogP contribution is 2.23. The Kier molecular flexibility index (Phi) is 3.72. The molecule has 18 heavy (non-hydrogen) atoms. The third-order valence-corrected chi connectivity index (χ3v) is 3.13. The maximum Gasteiger partial charge on any atom is 0.188 e. The minimum Gasteiger partial charge on any atom is -0.303 e. The fourth-order valence-corrected chi connectivity index (χ4v) is 2.48. The first-order valence-corrected chi connectivity index (χ1v) is 6.11. The average molecular weight is 245 g/mol. The number of aryl methyl sites for hydroxylation is 3. The summed E-state index contributed by atoms with van der Waals surface area (Å²) in [4.78, 5) is 0. The van der Waals surface area contributed by atoms with Crippen molar-refractivity contribution in [2.24, 2.45) is 0 Å². The molecule has 1 aromatic heterocycles. The van der Waals surface area contributed by atoms with E-state index in [1.165, 1.54) is 22.3 Å². The van der Waals surface area contributed by atoms with Crippen molar-refractivity contribution in [2.75, 3.05) is 0 Å². The van der Waals surface area contributed by atoms with Crippen molar-refractivity contribution in [1.29, 1.82) is 0 Å². The number of benzene rings is 1. The molecule has 0 fully saturated rings. The number of nitrogens with zero attached hydrogens (tertiary/aromatic N) is 3. The minimum atomic E-state index is 0.268. The number of tetrazole rings is 1. The fourth-order valence-electron chi connectivity index (χ4n) is 2.48. The molecule has 0 aliphatic carbocycles. The summed E-state index contributed by atoms with van der Waals surface area (Å²) < 4.78 is 0. The number of aromatic amines is 1. The Bertz CT molecular complexity index is 495. The molecule has 1 unspecified atom stereocenters. The van der Waals surface area contributed by atoms with E-state index in [1.807, 2.05) is 0 Å². The van der Waals surface area contributed by atoms with Crippen molar-refractivity contribution < 1.29 is 0 Å². The molecule has 96 valence electrons. The predicted octanol–water partition coefficient (Wildman–Crippen LogP) is 1.98. The number of rotatable bonds is 4. The summed E-state index contributed by atoms with van der Waals surface area (Å²) in [6.07, 6.45) is 0. The lowest BCUT2D eigenvalue weighted by atomic mass is 9.95. The molecule has 0 spiro atoms. The predicted molar refractivity (Wildman–Crippen MR) is 70.1 cm³/mol. The van der Waals surface area contributed by atoms with E-state index in [2.05, 4.69) is 65.8 Å². The first kappa shape index (κ1) is 12.7. The van der Waals surface area contributed by atoms with Gasteiger partial charge in [-0.05, 0) is 44.4 Å². The second-order valence-corrected chi connectivity index (χ2v) is 4.74. The molecular formula is C13H19N5. The summed E-state index contributed by atoms with van der Waals surface area (Å²) in [6, 6.07) is 4.70. The summed E-state index contributed by atoms with van der Waals surface area (Å²) >= 11 is 0. The van der Waals surface area contributed by atoms with Crippen molar-refractivity contribution in [3.8, 4) is 0 Å². The Labute approximate surface area is 107 Å². The summed E-state index contributed by atoms with van der Waals surface area (Å²) in [7, 11) is 0. The van der Waals surface area contributed by atoms with Crippen molar-refractivity contribution in [2.45, 2.75) is 40.3 Å². The molecule has 0 saturated heterocycles. The maximum absolute atomic E-state index is 3.93. The molecule has 1 atom stereocenters. The van der Waals surface area contributed by atoms with E-state index < -0.39 is 0 Å². The van der Waals surface area contributed by atoms with Crippen molar-refractivity contribution in [3.05, 3.63) is 40.2 Å². The summed E-state index contributed by atoms with van der Waals surface area (Å²) in [5.74, 6) is 0.685. The van der Waals surface area contributed by atoms with E-state index in [0.717, 1.165) is 0 Å². The largest absolute Gasteiger partial charge is 0.303 e. The molecule has 2 aromatic rings. The van der Waals surface area contributed by atoms with Gasteiger partial charge in [0.05, 0.1) is 6.54 Å². The van der Waals surface area contributed by atoms with Gasteiger partial charge in [-0.3, -0.25) is 0 Å². The smallest absolute Gasteiger partial charge is 0.188 e. The maximum atomic E-state index is 3.93. The lowest BCUT2D eigenvalue weighted by molar-refractivity contribution is 0.555. The highest BCUT2D eigenvalue weighted by Gasteiger charge is 2.12. The van der Waals surface area contributed by atoms with E-state index in [9.17, 15) is 0 Å². The van der Waals surface area contributed by atoms with Gasteiger partial charge in [0, 0.05) is 6.04 Å². The van der Waals surface area contributed by atoms with E-state index in [-0.39, 0.29) is 6.04 Å². The second kappa shape index (κ2) is 5.27. The van der Waals surface area contributed by atoms with Gasteiger partial charge in [0.15, 0.2) is 5.82 Å². The SMILES string of the molecule is Cc1cc(C)c(C(C)NCc2nn[nH]n2)c(C)c1. The lowest BCUT2D eigenvalue weighted by Crippen LogP contribution is -2.20. The quantitative estimate of drug-likeness (QED) is 0.864. The van der Waals surface area contributed by atoms with Crippen LogP contribution in [0.3, 0.4) is 0 Å². The van der Waals surface area contributed by atoms with Crippen LogP contribution in [0.5, 0.6) is 0 Å². The molecule has 0 aliphatic rings. The molecular weight excluding hydrogens is 226 g/mol. The van der Waals surface area contributed by atoms with Gasteiger partial charge in [-0.1, -0.05) is 22.9 Å². The zero-order valence-electron chi connectivity index (χ0n) is 11.3. The van der Waals surface area contributed by atoms with Crippen LogP contribution in [0.25, 0.3) is 0 Å². The Hall–Kier alpha value is -1.75. The van der Waals surface area contributed by atoms with Crippen LogP contribution in [-0.2, 0) is 6.54 Å². The highest BCUT2D eigenvalue weighted by atomic mass is 15.5. The topological polar surface area (TPSA) is 66.5 Å². The summed E-state index contributed by atoms with van der Waals surface area (Å²) in [6.45, 7) is 9.21. The molecule has 0 radical (unpaired) electrons. The van der Waals surface area contributed by atoms with Gasteiger partial charge >= 0.3 is 0 Å². The molecule has 0 aliphatic heterocycles. The number of H-pyrrole nitrogens is 1. The van der Waals surface area contributed by atoms with Gasteiger partial charge in [0.25, 0.3) is 0 Å². The third kappa shape index (κ3) is 2.73. The van der Waals surface area contributed by atoms with Gasteiger partial charge in [0.1, 0.15) is 0 Å². The van der Waals surface area contributed by atoms with Crippen LogP contribution in [0.1, 0.15) is 41.0 Å². The Morgan fingerprint density at radius 1 is 1.22 bits per heavy atom. The Morgan fingerprint density at radius 2 is 1.89 bits per heavy atom. The highest BCUT2D eigenvalue weighted by molar-refractivity contribution is 5.39. The van der Waals surface area contributed by atoms with Gasteiger partial charge < -0.3 is 5.32 Å². The zero-order valence-corrected chi connectivity index (χ0v) is 11.3. The lowest BCUT2D eigenvalue weighted by Gasteiger charge is -2.19. The molecule has 5 nitrogen and oxygen atoms in total. The summed E-state index contributed by atoms with van der Waals surface area (Å²) in [5.41, 5.74) is 5.30. The first-order valence-electron chi connectivity index (χ1n) is 6.11. The molecule has 2 N–H and O–H groups in total. The van der Waals surface area contributed by atoms with Crippen LogP contribution < -0.4 is 5.32 Å². The van der Waals surface area contributed by atoms with Gasteiger partial charge in [0.2, 0.25) is 0 Å². The van der Waals surface area contributed by atoms with Crippen LogP contribution in [0.2, 0.25) is 0 Å². The van der Waals surface area contributed by atoms with Crippen LogP contribution in [-0.4, -0.2) is 20.6 Å². The fraction of sp³-hybridized carbons (Fsp3) is 0.462. The molecule has 1 aromatic carbocycles. The van der Waals surface area contributed by atoms with Crippen LogP contribution in [0.15, 0.2) is 12.1 Å². The van der Waals surface area contributed by atoms with Gasteiger partial charge in [-0.2, -0.15) is 5.21 Å². The number of aromatic nitrogens is 4. The standard InChI is InChI=1S/C13H19N5/c1-8-5-9(2)13(10(3)6-8)11(4)14-7-12-15-17-18-16-12/h5-6,11,14H,7H2,1-4H3,(H,15,16,17,18). The van der Waals surface area contributed by atoms with Gasteiger partial charge in [-0.15, -0.1) is 10.2 Å². The van der Waals surface area contributed by atoms with E-state index >= 15 is 0 Å². The molecule has 2 rings (SSSR count). The van der Waals surface area contributed by atoms with Crippen LogP contribution in [0, 0.1) is 20.8 Å².